The Labute approximate surface area is 99.8 Å². The van der Waals surface area contributed by atoms with Crippen molar-refractivity contribution in [2.24, 2.45) is 5.41 Å². The number of hydrogen-bond donors (Lipinski definition) is 0. The van der Waals surface area contributed by atoms with Gasteiger partial charge in [-0.1, -0.05) is 20.8 Å². The van der Waals surface area contributed by atoms with E-state index in [0.29, 0.717) is 18.4 Å². The average molecular weight is 226 g/mol. The van der Waals surface area contributed by atoms with Gasteiger partial charge in [0.1, 0.15) is 0 Å². The molecule has 0 aromatic rings. The van der Waals surface area contributed by atoms with Gasteiger partial charge in [0.2, 0.25) is 0 Å². The highest BCUT2D eigenvalue weighted by Crippen LogP contribution is 2.17. The summed E-state index contributed by atoms with van der Waals surface area (Å²) in [6, 6.07) is 0.637. The first-order chi connectivity index (χ1) is 7.30. The van der Waals surface area contributed by atoms with Gasteiger partial charge in [-0.25, -0.2) is 0 Å². The fourth-order valence-corrected chi connectivity index (χ4v) is 2.12. The lowest BCUT2D eigenvalue weighted by molar-refractivity contribution is -0.127. The van der Waals surface area contributed by atoms with Crippen LogP contribution in [-0.4, -0.2) is 55.4 Å². The second-order valence-electron chi connectivity index (χ2n) is 6.15. The monoisotopic (exact) mass is 226 g/mol. The molecule has 3 nitrogen and oxygen atoms in total. The van der Waals surface area contributed by atoms with E-state index < -0.39 is 0 Å². The largest absolute Gasteiger partial charge is 0.302 e. The number of nitrogens with zero attached hydrogens (tertiary/aromatic N) is 2. The van der Waals surface area contributed by atoms with Gasteiger partial charge in [-0.3, -0.25) is 9.69 Å². The van der Waals surface area contributed by atoms with Crippen LogP contribution >= 0.6 is 0 Å². The van der Waals surface area contributed by atoms with Crippen molar-refractivity contribution in [3.05, 3.63) is 0 Å². The summed E-state index contributed by atoms with van der Waals surface area (Å²) >= 11 is 0. The Hall–Kier alpha value is -0.410. The maximum Gasteiger partial charge on any atom is 0.152 e. The molecule has 1 unspecified atom stereocenters. The topological polar surface area (TPSA) is 23.6 Å². The molecule has 1 aliphatic heterocycles. The molecule has 0 spiro atoms. The fraction of sp³-hybridized carbons (Fsp3) is 0.923. The van der Waals surface area contributed by atoms with Gasteiger partial charge >= 0.3 is 0 Å². The minimum Gasteiger partial charge on any atom is -0.302 e. The van der Waals surface area contributed by atoms with Gasteiger partial charge in [0.25, 0.3) is 0 Å². The van der Waals surface area contributed by atoms with E-state index in [4.69, 9.17) is 0 Å². The molecule has 1 fully saturated rings. The third-order valence-corrected chi connectivity index (χ3v) is 3.44. The smallest absolute Gasteiger partial charge is 0.152 e. The van der Waals surface area contributed by atoms with E-state index in [0.717, 1.165) is 6.54 Å². The molecule has 94 valence electrons. The standard InChI is InChI=1S/C13H26N2O/c1-13(2,3)12(16)10-14(4)9-11-7-6-8-15(11)5/h11H,6-10H2,1-5H3. The van der Waals surface area contributed by atoms with Crippen LogP contribution in [0.25, 0.3) is 0 Å². The summed E-state index contributed by atoms with van der Waals surface area (Å²) in [5.41, 5.74) is -0.212. The predicted octanol–water partition coefficient (Wildman–Crippen LogP) is 1.63. The van der Waals surface area contributed by atoms with E-state index in [-0.39, 0.29) is 5.41 Å². The average Bonchev–Trinajstić information content (AvgIpc) is 2.50. The molecular formula is C13H26N2O. The quantitative estimate of drug-likeness (QED) is 0.728. The number of likely N-dealkylation sites (tertiary alicyclic amines) is 1. The number of hydrogen-bond acceptors (Lipinski definition) is 3. The number of ketones is 1. The summed E-state index contributed by atoms with van der Waals surface area (Å²) in [6.45, 7) is 8.76. The molecule has 3 heteroatoms. The van der Waals surface area contributed by atoms with Crippen LogP contribution in [0.3, 0.4) is 0 Å². The lowest BCUT2D eigenvalue weighted by Crippen LogP contribution is -2.41. The van der Waals surface area contributed by atoms with E-state index in [2.05, 4.69) is 23.9 Å². The Bertz CT molecular complexity index is 245. The molecule has 1 aliphatic rings. The third-order valence-electron chi connectivity index (χ3n) is 3.44. The van der Waals surface area contributed by atoms with Crippen molar-refractivity contribution < 1.29 is 4.79 Å². The van der Waals surface area contributed by atoms with Crippen LogP contribution < -0.4 is 0 Å². The Morgan fingerprint density at radius 3 is 2.50 bits per heavy atom. The van der Waals surface area contributed by atoms with Gasteiger partial charge in [0.15, 0.2) is 5.78 Å². The highest BCUT2D eigenvalue weighted by atomic mass is 16.1. The lowest BCUT2D eigenvalue weighted by Gasteiger charge is -2.27. The summed E-state index contributed by atoms with van der Waals surface area (Å²) in [5.74, 6) is 0.329. The number of carbonyl (C=O) groups is 1. The third kappa shape index (κ3) is 3.87. The zero-order valence-electron chi connectivity index (χ0n) is 11.4. The molecule has 0 N–H and O–H groups in total. The first-order valence-corrected chi connectivity index (χ1v) is 6.23. The molecule has 0 amide bonds. The van der Waals surface area contributed by atoms with Gasteiger partial charge in [0, 0.05) is 18.0 Å². The van der Waals surface area contributed by atoms with Crippen LogP contribution in [0.15, 0.2) is 0 Å². The highest BCUT2D eigenvalue weighted by Gasteiger charge is 2.25. The highest BCUT2D eigenvalue weighted by molar-refractivity contribution is 5.85. The molecule has 0 aliphatic carbocycles. The van der Waals surface area contributed by atoms with Crippen molar-refractivity contribution in [1.29, 1.82) is 0 Å². The van der Waals surface area contributed by atoms with Crippen LogP contribution in [0.1, 0.15) is 33.6 Å². The Morgan fingerprint density at radius 2 is 2.06 bits per heavy atom. The van der Waals surface area contributed by atoms with Crippen molar-refractivity contribution in [1.82, 2.24) is 9.80 Å². The second kappa shape index (κ2) is 5.28. The zero-order chi connectivity index (χ0) is 12.3. The predicted molar refractivity (Wildman–Crippen MR) is 67.6 cm³/mol. The summed E-state index contributed by atoms with van der Waals surface area (Å²) < 4.78 is 0. The molecule has 1 rings (SSSR count). The van der Waals surface area contributed by atoms with E-state index in [1.807, 2.05) is 20.8 Å². The lowest BCUT2D eigenvalue weighted by atomic mass is 9.90. The molecule has 1 saturated heterocycles. The molecule has 0 bridgehead atoms. The molecule has 0 saturated carbocycles. The summed E-state index contributed by atoms with van der Waals surface area (Å²) in [5, 5.41) is 0. The van der Waals surface area contributed by atoms with Crippen LogP contribution in [0.2, 0.25) is 0 Å². The minimum atomic E-state index is -0.212. The van der Waals surface area contributed by atoms with Crippen molar-refractivity contribution in [2.45, 2.75) is 39.7 Å². The van der Waals surface area contributed by atoms with Crippen molar-refractivity contribution >= 4 is 5.78 Å². The molecule has 0 aromatic carbocycles. The first kappa shape index (κ1) is 13.7. The fourth-order valence-electron chi connectivity index (χ4n) is 2.12. The molecular weight excluding hydrogens is 200 g/mol. The summed E-state index contributed by atoms with van der Waals surface area (Å²) in [4.78, 5) is 16.4. The van der Waals surface area contributed by atoms with Gasteiger partial charge in [-0.15, -0.1) is 0 Å². The maximum absolute atomic E-state index is 11.9. The first-order valence-electron chi connectivity index (χ1n) is 6.23. The number of rotatable bonds is 4. The zero-order valence-corrected chi connectivity index (χ0v) is 11.4. The normalized spacial score (nSPS) is 23.0. The Morgan fingerprint density at radius 1 is 1.44 bits per heavy atom. The van der Waals surface area contributed by atoms with Crippen molar-refractivity contribution in [2.75, 3.05) is 33.7 Å². The number of carbonyl (C=O) groups excluding carboxylic acids is 1. The molecule has 0 radical (unpaired) electrons. The number of likely N-dealkylation sites (N-methyl/N-ethyl adjacent to an activating group) is 2. The Kier molecular flexibility index (Phi) is 4.51. The van der Waals surface area contributed by atoms with E-state index in [1.54, 1.807) is 0 Å². The van der Waals surface area contributed by atoms with Crippen LogP contribution in [0.5, 0.6) is 0 Å². The SMILES string of the molecule is CN(CC(=O)C(C)(C)C)CC1CCCN1C. The molecule has 16 heavy (non-hydrogen) atoms. The summed E-state index contributed by atoms with van der Waals surface area (Å²) in [6.07, 6.45) is 2.56. The van der Waals surface area contributed by atoms with Gasteiger partial charge in [-0.05, 0) is 33.5 Å². The molecule has 1 heterocycles. The van der Waals surface area contributed by atoms with Gasteiger partial charge in [0.05, 0.1) is 6.54 Å². The van der Waals surface area contributed by atoms with Crippen molar-refractivity contribution in [3.63, 3.8) is 0 Å². The van der Waals surface area contributed by atoms with Crippen LogP contribution in [0, 0.1) is 5.41 Å². The van der Waals surface area contributed by atoms with E-state index >= 15 is 0 Å². The minimum absolute atomic E-state index is 0.212. The molecule has 0 aromatic heterocycles. The summed E-state index contributed by atoms with van der Waals surface area (Å²) in [7, 11) is 4.23. The second-order valence-corrected chi connectivity index (χ2v) is 6.15. The van der Waals surface area contributed by atoms with E-state index in [9.17, 15) is 4.79 Å². The van der Waals surface area contributed by atoms with Crippen LogP contribution in [0.4, 0.5) is 0 Å². The molecule has 1 atom stereocenters. The van der Waals surface area contributed by atoms with Gasteiger partial charge in [-0.2, -0.15) is 0 Å². The maximum atomic E-state index is 11.9. The van der Waals surface area contributed by atoms with Crippen molar-refractivity contribution in [3.8, 4) is 0 Å². The number of Topliss-reactive ketones (excluding diaryl/α,β-unsaturated/α-hetero) is 1. The van der Waals surface area contributed by atoms with Crippen LogP contribution in [-0.2, 0) is 4.79 Å². The van der Waals surface area contributed by atoms with Gasteiger partial charge < -0.3 is 4.90 Å². The Balaban J connectivity index is 2.36. The van der Waals surface area contributed by atoms with E-state index in [1.165, 1.54) is 19.4 Å².